The van der Waals surface area contributed by atoms with Gasteiger partial charge in [-0.3, -0.25) is 0 Å². The third-order valence-corrected chi connectivity index (χ3v) is 3.39. The van der Waals surface area contributed by atoms with E-state index in [2.05, 4.69) is 6.92 Å². The maximum atomic E-state index is 8.56. The SMILES string of the molecule is CC1(CCCl)CC1(Cl)Cl.O=C(O)O. The van der Waals surface area contributed by atoms with Crippen LogP contribution in [0.5, 0.6) is 0 Å². The Hall–Kier alpha value is 0.140. The quantitative estimate of drug-likeness (QED) is 0.737. The van der Waals surface area contributed by atoms with E-state index >= 15 is 0 Å². The lowest BCUT2D eigenvalue weighted by molar-refractivity contribution is 0.137. The fourth-order valence-electron chi connectivity index (χ4n) is 0.926. The maximum Gasteiger partial charge on any atom is 0.503 e. The van der Waals surface area contributed by atoms with Gasteiger partial charge in [-0.05, 0) is 12.8 Å². The highest BCUT2D eigenvalue weighted by Crippen LogP contribution is 2.65. The monoisotopic (exact) mass is 248 g/mol. The van der Waals surface area contributed by atoms with Gasteiger partial charge in [-0.15, -0.1) is 34.8 Å². The number of hydrogen-bond donors (Lipinski definition) is 2. The molecule has 0 aliphatic heterocycles. The highest BCUT2D eigenvalue weighted by atomic mass is 35.5. The van der Waals surface area contributed by atoms with Crippen LogP contribution in [0.1, 0.15) is 19.8 Å². The van der Waals surface area contributed by atoms with Crippen LogP contribution in [-0.4, -0.2) is 26.6 Å². The minimum absolute atomic E-state index is 0.0951. The van der Waals surface area contributed by atoms with Crippen LogP contribution in [0.3, 0.4) is 0 Å². The van der Waals surface area contributed by atoms with E-state index in [-0.39, 0.29) is 5.41 Å². The molecule has 0 aromatic rings. The molecule has 78 valence electrons. The molecule has 13 heavy (non-hydrogen) atoms. The molecule has 1 aliphatic rings. The average molecular weight is 250 g/mol. The van der Waals surface area contributed by atoms with E-state index in [9.17, 15) is 0 Å². The molecule has 0 heterocycles. The third-order valence-electron chi connectivity index (χ3n) is 2.02. The van der Waals surface area contributed by atoms with Crippen molar-refractivity contribution >= 4 is 41.0 Å². The lowest BCUT2D eigenvalue weighted by atomic mass is 10.1. The lowest BCUT2D eigenvalue weighted by Gasteiger charge is -2.07. The van der Waals surface area contributed by atoms with Crippen LogP contribution in [0.25, 0.3) is 0 Å². The van der Waals surface area contributed by atoms with Crippen LogP contribution in [-0.2, 0) is 0 Å². The van der Waals surface area contributed by atoms with Gasteiger partial charge in [-0.1, -0.05) is 6.92 Å². The van der Waals surface area contributed by atoms with Gasteiger partial charge >= 0.3 is 6.16 Å². The lowest BCUT2D eigenvalue weighted by Crippen LogP contribution is -2.04. The van der Waals surface area contributed by atoms with E-state index < -0.39 is 10.5 Å². The molecule has 1 fully saturated rings. The van der Waals surface area contributed by atoms with Gasteiger partial charge in [0.2, 0.25) is 0 Å². The summed E-state index contributed by atoms with van der Waals surface area (Å²) in [6.45, 7) is 2.06. The number of carboxylic acid groups (broad SMARTS) is 2. The van der Waals surface area contributed by atoms with Crippen LogP contribution in [0.4, 0.5) is 4.79 Å². The van der Waals surface area contributed by atoms with Crippen molar-refractivity contribution in [1.82, 2.24) is 0 Å². The Kier molecular flexibility index (Phi) is 4.63. The van der Waals surface area contributed by atoms with Crippen molar-refractivity contribution in [1.29, 1.82) is 0 Å². The second-order valence-electron chi connectivity index (χ2n) is 3.16. The van der Waals surface area contributed by atoms with E-state index in [0.717, 1.165) is 12.8 Å². The molecular weight excluding hydrogens is 238 g/mol. The van der Waals surface area contributed by atoms with E-state index in [1.54, 1.807) is 0 Å². The molecular formula is C7H11Cl3O3. The van der Waals surface area contributed by atoms with Gasteiger partial charge in [-0.25, -0.2) is 4.79 Å². The standard InChI is InChI=1S/C6H9Cl3.CH2O3/c1-5(2-3-7)4-6(5,8)9;2-1(3)4/h2-4H2,1H3;(H2,2,3,4). The first-order valence-corrected chi connectivity index (χ1v) is 4.90. The summed E-state index contributed by atoms with van der Waals surface area (Å²) in [5, 5.41) is 13.9. The molecule has 1 aliphatic carbocycles. The molecule has 1 atom stereocenters. The number of rotatable bonds is 2. The Labute approximate surface area is 91.6 Å². The summed E-state index contributed by atoms with van der Waals surface area (Å²) >= 11 is 17.2. The Morgan fingerprint density at radius 2 is 1.77 bits per heavy atom. The van der Waals surface area contributed by atoms with Gasteiger partial charge in [0.25, 0.3) is 0 Å². The minimum Gasteiger partial charge on any atom is -0.450 e. The van der Waals surface area contributed by atoms with Gasteiger partial charge in [0.05, 0.1) is 0 Å². The Morgan fingerprint density at radius 3 is 1.85 bits per heavy atom. The molecule has 0 spiro atoms. The van der Waals surface area contributed by atoms with Gasteiger partial charge in [-0.2, -0.15) is 0 Å². The van der Waals surface area contributed by atoms with Gasteiger partial charge in [0.1, 0.15) is 4.33 Å². The second kappa shape index (κ2) is 4.58. The molecule has 3 nitrogen and oxygen atoms in total. The molecule has 0 saturated heterocycles. The molecule has 0 aromatic carbocycles. The molecule has 1 rings (SSSR count). The van der Waals surface area contributed by atoms with Crippen LogP contribution in [0.2, 0.25) is 0 Å². The van der Waals surface area contributed by atoms with E-state index in [0.29, 0.717) is 5.88 Å². The highest BCUT2D eigenvalue weighted by Gasteiger charge is 2.61. The van der Waals surface area contributed by atoms with Gasteiger partial charge < -0.3 is 10.2 Å². The molecule has 0 bridgehead atoms. The summed E-state index contributed by atoms with van der Waals surface area (Å²) in [4.78, 5) is 8.56. The molecule has 2 N–H and O–H groups in total. The smallest absolute Gasteiger partial charge is 0.450 e. The van der Waals surface area contributed by atoms with Crippen molar-refractivity contribution in [2.75, 3.05) is 5.88 Å². The Morgan fingerprint density at radius 1 is 1.46 bits per heavy atom. The van der Waals surface area contributed by atoms with Crippen molar-refractivity contribution in [3.63, 3.8) is 0 Å². The topological polar surface area (TPSA) is 57.5 Å². The predicted octanol–water partition coefficient (Wildman–Crippen LogP) is 3.42. The van der Waals surface area contributed by atoms with Crippen molar-refractivity contribution in [3.05, 3.63) is 0 Å². The van der Waals surface area contributed by atoms with Crippen LogP contribution >= 0.6 is 34.8 Å². The summed E-state index contributed by atoms with van der Waals surface area (Å²) in [7, 11) is 0. The van der Waals surface area contributed by atoms with Crippen LogP contribution in [0, 0.1) is 5.41 Å². The number of hydrogen-bond acceptors (Lipinski definition) is 1. The zero-order chi connectivity index (χ0) is 10.7. The number of alkyl halides is 3. The zero-order valence-electron chi connectivity index (χ0n) is 7.06. The molecule has 0 amide bonds. The molecule has 1 saturated carbocycles. The summed E-state index contributed by atoms with van der Waals surface area (Å²) in [5.41, 5.74) is 0.0951. The summed E-state index contributed by atoms with van der Waals surface area (Å²) in [6, 6.07) is 0. The van der Waals surface area contributed by atoms with Crippen molar-refractivity contribution in [2.45, 2.75) is 24.1 Å². The van der Waals surface area contributed by atoms with E-state index in [1.165, 1.54) is 0 Å². The largest absolute Gasteiger partial charge is 0.503 e. The van der Waals surface area contributed by atoms with Gasteiger partial charge in [0, 0.05) is 11.3 Å². The van der Waals surface area contributed by atoms with E-state index in [4.69, 9.17) is 49.8 Å². The summed E-state index contributed by atoms with van der Waals surface area (Å²) in [6.07, 6.45) is -0.0304. The zero-order valence-corrected chi connectivity index (χ0v) is 9.33. The third kappa shape index (κ3) is 4.25. The summed E-state index contributed by atoms with van der Waals surface area (Å²) in [5.74, 6) is 0.650. The Balaban J connectivity index is 0.000000310. The first-order chi connectivity index (χ1) is 5.75. The predicted molar refractivity (Wildman–Crippen MR) is 53.2 cm³/mol. The first-order valence-electron chi connectivity index (χ1n) is 3.61. The van der Waals surface area contributed by atoms with Crippen LogP contribution < -0.4 is 0 Å². The highest BCUT2D eigenvalue weighted by molar-refractivity contribution is 6.51. The molecule has 0 radical (unpaired) electrons. The molecule has 0 aromatic heterocycles. The normalized spacial score (nSPS) is 28.6. The maximum absolute atomic E-state index is 8.56. The van der Waals surface area contributed by atoms with Gasteiger partial charge in [0.15, 0.2) is 0 Å². The number of halogens is 3. The fourth-order valence-corrected chi connectivity index (χ4v) is 2.12. The Bertz CT molecular complexity index is 191. The molecule has 6 heteroatoms. The van der Waals surface area contributed by atoms with Crippen molar-refractivity contribution in [3.8, 4) is 0 Å². The first kappa shape index (κ1) is 13.1. The van der Waals surface area contributed by atoms with Crippen LogP contribution in [0.15, 0.2) is 0 Å². The number of carbonyl (C=O) groups is 1. The van der Waals surface area contributed by atoms with E-state index in [1.807, 2.05) is 0 Å². The second-order valence-corrected chi connectivity index (χ2v) is 5.03. The average Bonchev–Trinajstić information content (AvgIpc) is 2.29. The fraction of sp³-hybridized carbons (Fsp3) is 0.857. The van der Waals surface area contributed by atoms with Crippen molar-refractivity contribution < 1.29 is 15.0 Å². The summed E-state index contributed by atoms with van der Waals surface area (Å²) < 4.78 is -0.484. The molecule has 1 unspecified atom stereocenters. The van der Waals surface area contributed by atoms with Crippen molar-refractivity contribution in [2.24, 2.45) is 5.41 Å². The minimum atomic E-state index is -1.83.